The number of amides is 3. The van der Waals surface area contributed by atoms with Gasteiger partial charge in [0, 0.05) is 23.8 Å². The molecule has 2 aromatic rings. The van der Waals surface area contributed by atoms with Gasteiger partial charge >= 0.3 is 12.0 Å². The van der Waals surface area contributed by atoms with Crippen LogP contribution in [-0.4, -0.2) is 42.5 Å². The van der Waals surface area contributed by atoms with Crippen LogP contribution in [0.3, 0.4) is 0 Å². The van der Waals surface area contributed by atoms with E-state index in [4.69, 9.17) is 16.3 Å². The van der Waals surface area contributed by atoms with Gasteiger partial charge in [0.2, 0.25) is 0 Å². The first-order chi connectivity index (χ1) is 14.4. The normalized spacial score (nSPS) is 15.9. The summed E-state index contributed by atoms with van der Waals surface area (Å²) >= 11 is 5.78. The monoisotopic (exact) mass is 433 g/mol. The predicted molar refractivity (Wildman–Crippen MR) is 111 cm³/mol. The number of halogens is 2. The third-order valence-electron chi connectivity index (χ3n) is 4.62. The predicted octanol–water partition coefficient (Wildman–Crippen LogP) is 3.90. The van der Waals surface area contributed by atoms with Crippen molar-refractivity contribution in [3.05, 3.63) is 59.4 Å². The van der Waals surface area contributed by atoms with Gasteiger partial charge in [0.15, 0.2) is 6.61 Å². The molecule has 30 heavy (non-hydrogen) atoms. The van der Waals surface area contributed by atoms with E-state index in [1.54, 1.807) is 17.0 Å². The van der Waals surface area contributed by atoms with Crippen LogP contribution in [0.15, 0.2) is 48.5 Å². The van der Waals surface area contributed by atoms with E-state index in [0.717, 1.165) is 6.07 Å². The van der Waals surface area contributed by atoms with Gasteiger partial charge in [-0.05, 0) is 43.2 Å². The first-order valence-corrected chi connectivity index (χ1v) is 9.82. The van der Waals surface area contributed by atoms with Crippen molar-refractivity contribution in [3.63, 3.8) is 0 Å². The molecular formula is C21H21ClFN3O4. The lowest BCUT2D eigenvalue weighted by molar-refractivity contribution is -0.152. The third-order valence-corrected chi connectivity index (χ3v) is 4.85. The van der Waals surface area contributed by atoms with Crippen molar-refractivity contribution in [2.75, 3.05) is 30.3 Å². The Morgan fingerprint density at radius 3 is 2.67 bits per heavy atom. The number of esters is 1. The van der Waals surface area contributed by atoms with Gasteiger partial charge in [-0.25, -0.2) is 9.18 Å². The Balaban J connectivity index is 1.48. The highest BCUT2D eigenvalue weighted by atomic mass is 35.5. The van der Waals surface area contributed by atoms with Crippen molar-refractivity contribution < 1.29 is 23.5 Å². The maximum absolute atomic E-state index is 13.7. The molecule has 0 aliphatic carbocycles. The SMILES string of the molecule is O=C(COC(=O)C1CCCN(C(=O)Nc2ccccc2)C1)Nc1cc(Cl)ccc1F. The molecule has 1 unspecified atom stereocenters. The smallest absolute Gasteiger partial charge is 0.321 e. The van der Waals surface area contributed by atoms with Crippen molar-refractivity contribution in [2.24, 2.45) is 5.92 Å². The molecule has 1 aliphatic heterocycles. The first-order valence-electron chi connectivity index (χ1n) is 9.45. The molecule has 0 radical (unpaired) electrons. The second kappa shape index (κ2) is 10.1. The number of nitrogens with one attached hydrogen (secondary N) is 2. The van der Waals surface area contributed by atoms with Crippen molar-refractivity contribution in [1.82, 2.24) is 4.90 Å². The fourth-order valence-electron chi connectivity index (χ4n) is 3.11. The molecule has 158 valence electrons. The molecule has 0 saturated carbocycles. The number of para-hydroxylation sites is 1. The van der Waals surface area contributed by atoms with Crippen molar-refractivity contribution in [2.45, 2.75) is 12.8 Å². The lowest BCUT2D eigenvalue weighted by Gasteiger charge is -2.31. The highest BCUT2D eigenvalue weighted by Crippen LogP contribution is 2.21. The number of hydrogen-bond acceptors (Lipinski definition) is 4. The second-order valence-electron chi connectivity index (χ2n) is 6.86. The summed E-state index contributed by atoms with van der Waals surface area (Å²) in [6.07, 6.45) is 1.19. The van der Waals surface area contributed by atoms with Crippen molar-refractivity contribution in [3.8, 4) is 0 Å². The maximum Gasteiger partial charge on any atom is 0.321 e. The zero-order chi connectivity index (χ0) is 21.5. The van der Waals surface area contributed by atoms with Crippen LogP contribution in [0.1, 0.15) is 12.8 Å². The van der Waals surface area contributed by atoms with E-state index in [0.29, 0.717) is 25.1 Å². The number of anilines is 2. The van der Waals surface area contributed by atoms with Crippen LogP contribution in [0, 0.1) is 11.7 Å². The van der Waals surface area contributed by atoms with E-state index >= 15 is 0 Å². The maximum atomic E-state index is 13.7. The first kappa shape index (κ1) is 21.6. The number of carbonyl (C=O) groups excluding carboxylic acids is 3. The molecule has 1 atom stereocenters. The van der Waals surface area contributed by atoms with Crippen LogP contribution in [0.4, 0.5) is 20.6 Å². The summed E-state index contributed by atoms with van der Waals surface area (Å²) in [5.41, 5.74) is 0.571. The Labute approximate surface area is 178 Å². The number of hydrogen-bond donors (Lipinski definition) is 2. The number of piperidine rings is 1. The largest absolute Gasteiger partial charge is 0.455 e. The minimum absolute atomic E-state index is 0.0926. The molecule has 1 saturated heterocycles. The Hall–Kier alpha value is -3.13. The number of nitrogens with zero attached hydrogens (tertiary/aromatic N) is 1. The Morgan fingerprint density at radius 1 is 1.13 bits per heavy atom. The lowest BCUT2D eigenvalue weighted by Crippen LogP contribution is -2.45. The minimum atomic E-state index is -0.681. The van der Waals surface area contributed by atoms with E-state index in [9.17, 15) is 18.8 Å². The standard InChI is InChI=1S/C21H21ClFN3O4/c22-15-8-9-17(23)18(11-15)25-19(27)13-30-20(28)14-5-4-10-26(12-14)21(29)24-16-6-2-1-3-7-16/h1-3,6-9,11,14H,4-5,10,12-13H2,(H,24,29)(H,25,27). The lowest BCUT2D eigenvalue weighted by atomic mass is 9.98. The number of urea groups is 1. The molecule has 3 rings (SSSR count). The highest BCUT2D eigenvalue weighted by Gasteiger charge is 2.30. The van der Waals surface area contributed by atoms with Gasteiger partial charge in [0.1, 0.15) is 5.82 Å². The van der Waals surface area contributed by atoms with E-state index < -0.39 is 30.2 Å². The average Bonchev–Trinajstić information content (AvgIpc) is 2.75. The number of ether oxygens (including phenoxy) is 1. The van der Waals surface area contributed by atoms with Gasteiger partial charge in [0.05, 0.1) is 11.6 Å². The van der Waals surface area contributed by atoms with Gasteiger partial charge in [-0.15, -0.1) is 0 Å². The summed E-state index contributed by atoms with van der Waals surface area (Å²) in [5.74, 6) is -2.43. The number of rotatable bonds is 5. The van der Waals surface area contributed by atoms with E-state index in [1.807, 2.05) is 18.2 Å². The van der Waals surface area contributed by atoms with Gasteiger partial charge < -0.3 is 20.3 Å². The highest BCUT2D eigenvalue weighted by molar-refractivity contribution is 6.30. The van der Waals surface area contributed by atoms with E-state index in [1.165, 1.54) is 12.1 Å². The van der Waals surface area contributed by atoms with Gasteiger partial charge in [-0.1, -0.05) is 29.8 Å². The number of benzene rings is 2. The fraction of sp³-hybridized carbons (Fsp3) is 0.286. The number of carbonyl (C=O) groups is 3. The molecule has 2 N–H and O–H groups in total. The van der Waals surface area contributed by atoms with Crippen LogP contribution in [0.5, 0.6) is 0 Å². The molecule has 3 amide bonds. The summed E-state index contributed by atoms with van der Waals surface area (Å²) < 4.78 is 18.7. The summed E-state index contributed by atoms with van der Waals surface area (Å²) in [6.45, 7) is 0.163. The Bertz CT molecular complexity index is 926. The van der Waals surface area contributed by atoms with E-state index in [2.05, 4.69) is 10.6 Å². The topological polar surface area (TPSA) is 87.7 Å². The molecule has 7 nitrogen and oxygen atoms in total. The van der Waals surface area contributed by atoms with Crippen LogP contribution in [0.2, 0.25) is 5.02 Å². The molecule has 0 bridgehead atoms. The minimum Gasteiger partial charge on any atom is -0.455 e. The van der Waals surface area contributed by atoms with Gasteiger partial charge in [-0.2, -0.15) is 0 Å². The van der Waals surface area contributed by atoms with Crippen molar-refractivity contribution >= 4 is 40.9 Å². The van der Waals surface area contributed by atoms with Crippen LogP contribution < -0.4 is 10.6 Å². The molecule has 1 aliphatic rings. The van der Waals surface area contributed by atoms with Crippen LogP contribution in [-0.2, 0) is 14.3 Å². The number of likely N-dealkylation sites (tertiary alicyclic amines) is 1. The molecule has 2 aromatic carbocycles. The Kier molecular flexibility index (Phi) is 7.24. The summed E-state index contributed by atoms with van der Waals surface area (Å²) in [4.78, 5) is 38.3. The molecular weight excluding hydrogens is 413 g/mol. The summed E-state index contributed by atoms with van der Waals surface area (Å²) in [7, 11) is 0. The Morgan fingerprint density at radius 2 is 1.90 bits per heavy atom. The van der Waals surface area contributed by atoms with Crippen LogP contribution >= 0.6 is 11.6 Å². The fourth-order valence-corrected chi connectivity index (χ4v) is 3.28. The van der Waals surface area contributed by atoms with E-state index in [-0.39, 0.29) is 23.3 Å². The zero-order valence-corrected chi connectivity index (χ0v) is 16.8. The zero-order valence-electron chi connectivity index (χ0n) is 16.1. The average molecular weight is 434 g/mol. The second-order valence-corrected chi connectivity index (χ2v) is 7.30. The molecule has 0 spiro atoms. The summed E-state index contributed by atoms with van der Waals surface area (Å²) in [6, 6.07) is 12.5. The third kappa shape index (κ3) is 5.93. The summed E-state index contributed by atoms with van der Waals surface area (Å²) in [5, 5.41) is 5.36. The molecule has 1 fully saturated rings. The van der Waals surface area contributed by atoms with Crippen molar-refractivity contribution in [1.29, 1.82) is 0 Å². The van der Waals surface area contributed by atoms with Gasteiger partial charge in [-0.3, -0.25) is 9.59 Å². The molecule has 9 heteroatoms. The molecule has 0 aromatic heterocycles. The van der Waals surface area contributed by atoms with Crippen LogP contribution in [0.25, 0.3) is 0 Å². The quantitative estimate of drug-likeness (QED) is 0.700. The molecule has 1 heterocycles. The van der Waals surface area contributed by atoms with Gasteiger partial charge in [0.25, 0.3) is 5.91 Å².